The number of rotatable bonds is 9. The summed E-state index contributed by atoms with van der Waals surface area (Å²) in [7, 11) is 2.94. The molecule has 2 rings (SSSR count). The molecule has 0 aliphatic rings. The zero-order valence-corrected chi connectivity index (χ0v) is 18.6. The first-order chi connectivity index (χ1) is 14.1. The van der Waals surface area contributed by atoms with Gasteiger partial charge in [-0.2, -0.15) is 5.10 Å². The van der Waals surface area contributed by atoms with Crippen molar-refractivity contribution in [3.63, 3.8) is 0 Å². The van der Waals surface area contributed by atoms with Gasteiger partial charge in [-0.25, -0.2) is 9.48 Å². The van der Waals surface area contributed by atoms with Crippen molar-refractivity contribution in [3.05, 3.63) is 33.4 Å². The Morgan fingerprint density at radius 2 is 1.93 bits per heavy atom. The molecule has 9 nitrogen and oxygen atoms in total. The highest BCUT2D eigenvalue weighted by molar-refractivity contribution is 6.36. The minimum absolute atomic E-state index is 0.145. The lowest BCUT2D eigenvalue weighted by Crippen LogP contribution is -2.25. The number of nitrogens with zero attached hydrogens (tertiary/aromatic N) is 3. The number of aromatic nitrogens is 2. The number of esters is 1. The van der Waals surface area contributed by atoms with E-state index in [2.05, 4.69) is 15.0 Å². The molecule has 0 saturated heterocycles. The van der Waals surface area contributed by atoms with Gasteiger partial charge in [0.05, 0.1) is 34.6 Å². The standard InChI is InChI=1S/C19H21Cl2N3O6/c1-10(25)9-28-22-8-13-11(2)23-24(4)18(13)30-17-7-16(14(20)6-15(17)21)29-12(3)19(26)27-5/h6-8,12H,9H2,1-5H3/b22-8+/t12-/m0/s1. The molecule has 30 heavy (non-hydrogen) atoms. The van der Waals surface area contributed by atoms with Crippen LogP contribution in [0.4, 0.5) is 0 Å². The van der Waals surface area contributed by atoms with Crippen molar-refractivity contribution in [2.75, 3.05) is 13.7 Å². The first-order valence-corrected chi connectivity index (χ1v) is 9.49. The van der Waals surface area contributed by atoms with Crippen LogP contribution in [-0.4, -0.2) is 47.6 Å². The molecule has 1 aromatic heterocycles. The first kappa shape index (κ1) is 23.5. The third-order valence-corrected chi connectivity index (χ3v) is 4.36. The topological polar surface area (TPSA) is 101 Å². The number of ether oxygens (including phenoxy) is 3. The average molecular weight is 458 g/mol. The Kier molecular flexibility index (Phi) is 8.08. The number of aryl methyl sites for hydroxylation is 2. The van der Waals surface area contributed by atoms with E-state index in [9.17, 15) is 9.59 Å². The highest BCUT2D eigenvalue weighted by atomic mass is 35.5. The van der Waals surface area contributed by atoms with E-state index in [-0.39, 0.29) is 33.9 Å². The summed E-state index contributed by atoms with van der Waals surface area (Å²) in [5, 5.41) is 8.47. The molecule has 162 valence electrons. The quantitative estimate of drug-likeness (QED) is 0.321. The van der Waals surface area contributed by atoms with Crippen LogP contribution in [0, 0.1) is 6.92 Å². The number of oxime groups is 1. The van der Waals surface area contributed by atoms with Crippen LogP contribution in [0.5, 0.6) is 17.4 Å². The van der Waals surface area contributed by atoms with Crippen LogP contribution < -0.4 is 9.47 Å². The Labute approximate surface area is 183 Å². The third kappa shape index (κ3) is 5.87. The molecule has 1 aromatic carbocycles. The van der Waals surface area contributed by atoms with Gasteiger partial charge in [0.25, 0.3) is 0 Å². The van der Waals surface area contributed by atoms with Crippen LogP contribution in [0.25, 0.3) is 0 Å². The maximum absolute atomic E-state index is 11.6. The van der Waals surface area contributed by atoms with Gasteiger partial charge in [-0.3, -0.25) is 4.79 Å². The fourth-order valence-electron chi connectivity index (χ4n) is 2.33. The number of Topliss-reactive ketones (excluding diaryl/α,β-unsaturated/α-hetero) is 1. The number of ketones is 1. The second-order valence-electron chi connectivity index (χ2n) is 6.24. The van der Waals surface area contributed by atoms with E-state index in [1.807, 2.05) is 0 Å². The molecule has 0 fully saturated rings. The zero-order valence-electron chi connectivity index (χ0n) is 17.1. The van der Waals surface area contributed by atoms with Crippen LogP contribution in [0.3, 0.4) is 0 Å². The summed E-state index contributed by atoms with van der Waals surface area (Å²) < 4.78 is 17.6. The molecule has 11 heteroatoms. The Hall–Kier alpha value is -2.78. The minimum Gasteiger partial charge on any atom is -0.477 e. The lowest BCUT2D eigenvalue weighted by Gasteiger charge is -2.16. The fraction of sp³-hybridized carbons (Fsp3) is 0.368. The normalized spacial score (nSPS) is 12.0. The smallest absolute Gasteiger partial charge is 0.346 e. The number of carbonyl (C=O) groups excluding carboxylic acids is 2. The average Bonchev–Trinajstić information content (AvgIpc) is 2.94. The van der Waals surface area contributed by atoms with E-state index >= 15 is 0 Å². The van der Waals surface area contributed by atoms with Gasteiger partial charge in [0, 0.05) is 13.1 Å². The summed E-state index contributed by atoms with van der Waals surface area (Å²) in [4.78, 5) is 27.5. The predicted octanol–water partition coefficient (Wildman–Crippen LogP) is 3.71. The predicted molar refractivity (Wildman–Crippen MR) is 111 cm³/mol. The molecule has 0 spiro atoms. The summed E-state index contributed by atoms with van der Waals surface area (Å²) in [6.45, 7) is 4.53. The molecule has 0 aliphatic heterocycles. The summed E-state index contributed by atoms with van der Waals surface area (Å²) in [5.74, 6) is 0.00478. The van der Waals surface area contributed by atoms with Gasteiger partial charge in [0.1, 0.15) is 5.75 Å². The molecule has 0 amide bonds. The molecule has 0 aliphatic carbocycles. The molecular weight excluding hydrogens is 437 g/mol. The van der Waals surface area contributed by atoms with Crippen molar-refractivity contribution in [2.24, 2.45) is 12.2 Å². The monoisotopic (exact) mass is 457 g/mol. The van der Waals surface area contributed by atoms with Crippen molar-refractivity contribution in [3.8, 4) is 17.4 Å². The second kappa shape index (κ2) is 10.3. The number of halogens is 2. The van der Waals surface area contributed by atoms with Gasteiger partial charge in [0.2, 0.25) is 5.88 Å². The van der Waals surface area contributed by atoms with Crippen LogP contribution in [0.1, 0.15) is 25.1 Å². The van der Waals surface area contributed by atoms with Crippen molar-refractivity contribution in [1.82, 2.24) is 9.78 Å². The molecule has 0 unspecified atom stereocenters. The van der Waals surface area contributed by atoms with Gasteiger partial charge in [-0.1, -0.05) is 28.4 Å². The second-order valence-corrected chi connectivity index (χ2v) is 7.05. The molecule has 0 N–H and O–H groups in total. The molecule has 1 heterocycles. The maximum Gasteiger partial charge on any atom is 0.346 e. The van der Waals surface area contributed by atoms with Crippen molar-refractivity contribution < 1.29 is 28.6 Å². The summed E-state index contributed by atoms with van der Waals surface area (Å²) >= 11 is 12.4. The summed E-state index contributed by atoms with van der Waals surface area (Å²) in [6, 6.07) is 2.89. The summed E-state index contributed by atoms with van der Waals surface area (Å²) in [5.41, 5.74) is 1.14. The number of hydrogen-bond donors (Lipinski definition) is 0. The van der Waals surface area contributed by atoms with Gasteiger partial charge in [0.15, 0.2) is 24.2 Å². The van der Waals surface area contributed by atoms with E-state index in [0.29, 0.717) is 17.1 Å². The molecule has 0 saturated carbocycles. The van der Waals surface area contributed by atoms with Crippen LogP contribution >= 0.6 is 23.2 Å². The fourth-order valence-corrected chi connectivity index (χ4v) is 2.80. The van der Waals surface area contributed by atoms with Gasteiger partial charge < -0.3 is 19.0 Å². The lowest BCUT2D eigenvalue weighted by atomic mass is 10.2. The van der Waals surface area contributed by atoms with E-state index in [1.165, 1.54) is 44.0 Å². The highest BCUT2D eigenvalue weighted by Gasteiger charge is 2.20. The van der Waals surface area contributed by atoms with Crippen LogP contribution in [-0.2, 0) is 26.2 Å². The van der Waals surface area contributed by atoms with Crippen LogP contribution in [0.2, 0.25) is 10.0 Å². The largest absolute Gasteiger partial charge is 0.477 e. The van der Waals surface area contributed by atoms with E-state index in [0.717, 1.165) is 0 Å². The maximum atomic E-state index is 11.6. The Balaban J connectivity index is 2.32. The molecule has 0 bridgehead atoms. The van der Waals surface area contributed by atoms with E-state index in [1.54, 1.807) is 14.0 Å². The third-order valence-electron chi connectivity index (χ3n) is 3.77. The highest BCUT2D eigenvalue weighted by Crippen LogP contribution is 2.39. The van der Waals surface area contributed by atoms with E-state index < -0.39 is 12.1 Å². The Bertz CT molecular complexity index is 974. The molecule has 0 radical (unpaired) electrons. The van der Waals surface area contributed by atoms with Crippen molar-refractivity contribution >= 4 is 41.2 Å². The number of carbonyl (C=O) groups is 2. The Morgan fingerprint density at radius 3 is 2.57 bits per heavy atom. The molecular formula is C19H21Cl2N3O6. The number of methoxy groups -OCH3 is 1. The van der Waals surface area contributed by atoms with E-state index in [4.69, 9.17) is 37.5 Å². The van der Waals surface area contributed by atoms with Gasteiger partial charge >= 0.3 is 5.97 Å². The summed E-state index contributed by atoms with van der Waals surface area (Å²) in [6.07, 6.45) is 0.503. The minimum atomic E-state index is -0.887. The van der Waals surface area contributed by atoms with Gasteiger partial charge in [-0.05, 0) is 26.8 Å². The number of benzene rings is 1. The van der Waals surface area contributed by atoms with Crippen LogP contribution in [0.15, 0.2) is 17.3 Å². The van der Waals surface area contributed by atoms with Crippen molar-refractivity contribution in [2.45, 2.75) is 26.9 Å². The molecule has 1 atom stereocenters. The Morgan fingerprint density at radius 1 is 1.27 bits per heavy atom. The lowest BCUT2D eigenvalue weighted by molar-refractivity contribution is -0.147. The SMILES string of the molecule is COC(=O)[C@H](C)Oc1cc(Oc2c(/C=N/OCC(C)=O)c(C)nn2C)c(Cl)cc1Cl. The van der Waals surface area contributed by atoms with Gasteiger partial charge in [-0.15, -0.1) is 0 Å². The van der Waals surface area contributed by atoms with Crippen molar-refractivity contribution in [1.29, 1.82) is 0 Å². The number of hydrogen-bond acceptors (Lipinski definition) is 8. The first-order valence-electron chi connectivity index (χ1n) is 8.73. The zero-order chi connectivity index (χ0) is 22.4. The molecule has 2 aromatic rings.